The molecule has 36 heavy (non-hydrogen) atoms. The van der Waals surface area contributed by atoms with Gasteiger partial charge in [0.15, 0.2) is 0 Å². The maximum Gasteiger partial charge on any atom is 0.341 e. The van der Waals surface area contributed by atoms with E-state index in [0.29, 0.717) is 13.1 Å². The molecule has 5 rings (SSSR count). The van der Waals surface area contributed by atoms with E-state index in [1.165, 1.54) is 4.57 Å². The van der Waals surface area contributed by atoms with Crippen molar-refractivity contribution in [2.45, 2.75) is 50.4 Å². The van der Waals surface area contributed by atoms with Crippen molar-refractivity contribution in [1.29, 1.82) is 0 Å². The molecule has 10 nitrogen and oxygen atoms in total. The second kappa shape index (κ2) is 9.32. The van der Waals surface area contributed by atoms with Crippen LogP contribution in [0.3, 0.4) is 0 Å². The third-order valence-electron chi connectivity index (χ3n) is 6.92. The number of pyridine rings is 1. The molecule has 3 fully saturated rings. The highest BCUT2D eigenvalue weighted by Gasteiger charge is 2.54. The third kappa shape index (κ3) is 4.74. The van der Waals surface area contributed by atoms with E-state index in [9.17, 15) is 28.7 Å². The van der Waals surface area contributed by atoms with Crippen molar-refractivity contribution >= 4 is 46.1 Å². The van der Waals surface area contributed by atoms with E-state index >= 15 is 4.39 Å². The van der Waals surface area contributed by atoms with Gasteiger partial charge in [-0.3, -0.25) is 14.4 Å². The van der Waals surface area contributed by atoms with Crippen LogP contribution in [0, 0.1) is 11.2 Å². The Morgan fingerprint density at radius 1 is 1.17 bits per heavy atom. The lowest BCUT2D eigenvalue weighted by molar-refractivity contribution is -0.143. The molecule has 2 saturated carbocycles. The van der Waals surface area contributed by atoms with E-state index in [0.717, 1.165) is 25.1 Å². The summed E-state index contributed by atoms with van der Waals surface area (Å²) in [5.41, 5.74) is 5.15. The first kappa shape index (κ1) is 25.8. The van der Waals surface area contributed by atoms with Gasteiger partial charge in [0.1, 0.15) is 17.6 Å². The second-order valence-corrected chi connectivity index (χ2v) is 9.84. The second-order valence-electron chi connectivity index (χ2n) is 9.46. The Kier molecular flexibility index (Phi) is 6.69. The van der Waals surface area contributed by atoms with Crippen LogP contribution in [-0.4, -0.2) is 63.1 Å². The molecule has 1 aliphatic heterocycles. The molecule has 1 saturated heterocycles. The topological polar surface area (TPSA) is 163 Å². The molecule has 0 unspecified atom stereocenters. The van der Waals surface area contributed by atoms with Crippen LogP contribution in [-0.2, 0) is 9.59 Å². The van der Waals surface area contributed by atoms with E-state index in [-0.39, 0.29) is 52.3 Å². The summed E-state index contributed by atoms with van der Waals surface area (Å²) >= 11 is 6.56. The minimum absolute atomic E-state index is 0.00645. The van der Waals surface area contributed by atoms with E-state index < -0.39 is 46.9 Å². The van der Waals surface area contributed by atoms with E-state index in [1.807, 2.05) is 0 Å². The number of nitrogens with zero attached hydrogens (tertiary/aromatic N) is 2. The molecule has 0 radical (unpaired) electrons. The van der Waals surface area contributed by atoms with Gasteiger partial charge in [-0.1, -0.05) is 11.6 Å². The van der Waals surface area contributed by atoms with Crippen molar-refractivity contribution in [1.82, 2.24) is 4.57 Å². The quantitative estimate of drug-likeness (QED) is 0.442. The number of hydrogen-bond acceptors (Lipinski definition) is 6. The van der Waals surface area contributed by atoms with Gasteiger partial charge < -0.3 is 30.5 Å². The molecular weight excluding hydrogens is 504 g/mol. The number of nitrogens with two attached hydrogens (primary N) is 1. The summed E-state index contributed by atoms with van der Waals surface area (Å²) < 4.78 is 30.2. The first-order valence-electron chi connectivity index (χ1n) is 11.2. The van der Waals surface area contributed by atoms with Crippen LogP contribution >= 0.6 is 11.6 Å². The van der Waals surface area contributed by atoms with Crippen molar-refractivity contribution in [3.8, 4) is 0 Å². The number of aromatic carboxylic acids is 1. The van der Waals surface area contributed by atoms with Gasteiger partial charge in [0.2, 0.25) is 5.43 Å². The van der Waals surface area contributed by atoms with Crippen molar-refractivity contribution in [3.63, 3.8) is 0 Å². The largest absolute Gasteiger partial charge is 0.481 e. The summed E-state index contributed by atoms with van der Waals surface area (Å²) in [6.07, 6.45) is 1.52. The van der Waals surface area contributed by atoms with Crippen LogP contribution in [0.25, 0.3) is 10.9 Å². The summed E-state index contributed by atoms with van der Waals surface area (Å²) in [4.78, 5) is 45.1. The number of carboxylic acids is 3. The number of hydrogen-bond donors (Lipinski definition) is 4. The first-order chi connectivity index (χ1) is 16.9. The number of fused-ring (bicyclic) bond motifs is 1. The molecule has 2 aliphatic carbocycles. The fourth-order valence-electron chi connectivity index (χ4n) is 4.64. The highest BCUT2D eigenvalue weighted by Crippen LogP contribution is 2.54. The standard InChI is InChI=1S/C19H18ClF2N3O3.C4H6O4/c20-14-15-8(17(26)9(18(27)28)5-25(15)12-4-10(12)21)3-11(22)16(14)24-6-13(23)19(7-24)1-2-19;5-3(6)1-2-4(7)8/h3,5,10,12-13H,1-2,4,6-7,23H2,(H,27,28);1-2H2,(H,5,6)(H,7,8)/t10-,12+,13+;/m0./s1. The van der Waals surface area contributed by atoms with Gasteiger partial charge >= 0.3 is 17.9 Å². The average molecular weight is 528 g/mol. The SMILES string of the molecule is N[C@@H]1CN(c2c(F)cc3c(=O)c(C(=O)O)cn([C@@H]4C[C@@H]4F)c3c2Cl)CC12CC2.O=C(O)CCC(=O)O. The molecule has 0 bridgehead atoms. The van der Waals surface area contributed by atoms with Crippen LogP contribution in [0.1, 0.15) is 48.5 Å². The molecule has 3 aliphatic rings. The Morgan fingerprint density at radius 2 is 1.75 bits per heavy atom. The summed E-state index contributed by atoms with van der Waals surface area (Å²) in [5, 5.41) is 25.0. The Morgan fingerprint density at radius 3 is 2.19 bits per heavy atom. The number of benzene rings is 1. The van der Waals surface area contributed by atoms with Crippen LogP contribution in [0.15, 0.2) is 17.1 Å². The maximum atomic E-state index is 15.0. The number of carboxylic acid groups (broad SMARTS) is 3. The molecular formula is C23H24ClF2N3O7. The van der Waals surface area contributed by atoms with E-state index in [1.54, 1.807) is 4.90 Å². The lowest BCUT2D eigenvalue weighted by Gasteiger charge is -2.23. The fourth-order valence-corrected chi connectivity index (χ4v) is 5.05. The van der Waals surface area contributed by atoms with Crippen molar-refractivity contribution in [3.05, 3.63) is 38.9 Å². The lowest BCUT2D eigenvalue weighted by Crippen LogP contribution is -2.30. The van der Waals surface area contributed by atoms with Gasteiger partial charge in [0.05, 0.1) is 40.5 Å². The number of aliphatic carboxylic acids is 2. The smallest absolute Gasteiger partial charge is 0.341 e. The van der Waals surface area contributed by atoms with Crippen LogP contribution in [0.5, 0.6) is 0 Å². The Balaban J connectivity index is 0.000000331. The van der Waals surface area contributed by atoms with Crippen molar-refractivity contribution < 1.29 is 38.5 Å². The van der Waals surface area contributed by atoms with Crippen LogP contribution < -0.4 is 16.1 Å². The molecule has 2 heterocycles. The monoisotopic (exact) mass is 527 g/mol. The van der Waals surface area contributed by atoms with Gasteiger partial charge in [-0.15, -0.1) is 0 Å². The minimum Gasteiger partial charge on any atom is -0.481 e. The third-order valence-corrected chi connectivity index (χ3v) is 7.28. The van der Waals surface area contributed by atoms with Gasteiger partial charge in [0, 0.05) is 37.2 Å². The number of alkyl halides is 1. The minimum atomic E-state index is -1.45. The Labute approximate surface area is 207 Å². The van der Waals surface area contributed by atoms with Crippen molar-refractivity contribution in [2.75, 3.05) is 18.0 Å². The molecule has 1 aromatic heterocycles. The normalized spacial score (nSPS) is 23.3. The molecule has 1 aromatic carbocycles. The van der Waals surface area contributed by atoms with Gasteiger partial charge in [0.25, 0.3) is 0 Å². The predicted molar refractivity (Wildman–Crippen MR) is 125 cm³/mol. The Bertz CT molecular complexity index is 1310. The summed E-state index contributed by atoms with van der Waals surface area (Å²) in [6, 6.07) is 0.308. The van der Waals surface area contributed by atoms with Crippen LogP contribution in [0.2, 0.25) is 5.02 Å². The number of carbonyl (C=O) groups is 3. The Hall–Kier alpha value is -3.25. The molecule has 1 spiro atoms. The summed E-state index contributed by atoms with van der Waals surface area (Å²) in [7, 11) is 0. The summed E-state index contributed by atoms with van der Waals surface area (Å²) in [6.45, 7) is 1.01. The maximum absolute atomic E-state index is 15.0. The van der Waals surface area contributed by atoms with Crippen LogP contribution in [0.4, 0.5) is 14.5 Å². The zero-order valence-electron chi connectivity index (χ0n) is 18.9. The summed E-state index contributed by atoms with van der Waals surface area (Å²) in [5.74, 6) is -4.31. The van der Waals surface area contributed by atoms with Gasteiger partial charge in [-0.2, -0.15) is 0 Å². The van der Waals surface area contributed by atoms with E-state index in [2.05, 4.69) is 0 Å². The zero-order valence-corrected chi connectivity index (χ0v) is 19.7. The highest BCUT2D eigenvalue weighted by molar-refractivity contribution is 6.38. The number of rotatable bonds is 6. The van der Waals surface area contributed by atoms with E-state index in [4.69, 9.17) is 27.5 Å². The molecule has 3 atom stereocenters. The molecule has 5 N–H and O–H groups in total. The highest BCUT2D eigenvalue weighted by atomic mass is 35.5. The molecule has 2 aromatic rings. The fraction of sp³-hybridized carbons (Fsp3) is 0.478. The van der Waals surface area contributed by atoms with Gasteiger partial charge in [-0.25, -0.2) is 13.6 Å². The predicted octanol–water partition coefficient (Wildman–Crippen LogP) is 2.64. The molecule has 13 heteroatoms. The zero-order chi connectivity index (χ0) is 26.5. The molecule has 194 valence electrons. The molecule has 0 amide bonds. The number of aromatic nitrogens is 1. The number of halogens is 3. The lowest BCUT2D eigenvalue weighted by atomic mass is 10.0. The first-order valence-corrected chi connectivity index (χ1v) is 11.6. The average Bonchev–Trinajstić information content (AvgIpc) is 3.69. The van der Waals surface area contributed by atoms with Gasteiger partial charge in [-0.05, 0) is 18.9 Å². The number of anilines is 1. The van der Waals surface area contributed by atoms with Crippen molar-refractivity contribution in [2.24, 2.45) is 11.1 Å².